The van der Waals surface area contributed by atoms with Crippen molar-refractivity contribution in [2.75, 3.05) is 13.2 Å². The number of rotatable bonds is 2. The van der Waals surface area contributed by atoms with Crippen LogP contribution in [0.2, 0.25) is 0 Å². The van der Waals surface area contributed by atoms with Crippen molar-refractivity contribution in [2.45, 2.75) is 18.9 Å². The number of hydrogen-bond acceptors (Lipinski definition) is 2. The van der Waals surface area contributed by atoms with Crippen LogP contribution in [0.15, 0.2) is 30.5 Å². The smallest absolute Gasteiger partial charge is 0.251 e. The van der Waals surface area contributed by atoms with Gasteiger partial charge < -0.3 is 15.0 Å². The third-order valence-electron chi connectivity index (χ3n) is 3.31. The number of carbonyl (C=O) groups is 1. The summed E-state index contributed by atoms with van der Waals surface area (Å²) in [6.07, 6.45) is 3.89. The number of hydrogen-bond donors (Lipinski definition) is 2. The largest absolute Gasteiger partial charge is 0.379 e. The Morgan fingerprint density at radius 2 is 2.33 bits per heavy atom. The minimum Gasteiger partial charge on any atom is -0.379 e. The van der Waals surface area contributed by atoms with Crippen LogP contribution in [0.3, 0.4) is 0 Å². The molecule has 1 fully saturated rings. The van der Waals surface area contributed by atoms with E-state index in [0.29, 0.717) is 12.2 Å². The topological polar surface area (TPSA) is 54.1 Å². The molecule has 0 saturated carbocycles. The number of carbonyl (C=O) groups excluding carboxylic acids is 1. The van der Waals surface area contributed by atoms with Crippen LogP contribution < -0.4 is 5.32 Å². The first-order valence-corrected chi connectivity index (χ1v) is 6.29. The maximum atomic E-state index is 12.1. The van der Waals surface area contributed by atoms with Crippen LogP contribution in [0, 0.1) is 0 Å². The van der Waals surface area contributed by atoms with Gasteiger partial charge in [-0.25, -0.2) is 0 Å². The van der Waals surface area contributed by atoms with E-state index in [2.05, 4.69) is 10.3 Å². The van der Waals surface area contributed by atoms with Crippen molar-refractivity contribution in [3.8, 4) is 0 Å². The number of fused-ring (bicyclic) bond motifs is 1. The lowest BCUT2D eigenvalue weighted by Gasteiger charge is -2.23. The average Bonchev–Trinajstić information content (AvgIpc) is 2.87. The maximum Gasteiger partial charge on any atom is 0.251 e. The molecule has 1 aromatic carbocycles. The monoisotopic (exact) mass is 244 g/mol. The number of benzene rings is 1. The van der Waals surface area contributed by atoms with Gasteiger partial charge in [0, 0.05) is 23.9 Å². The molecule has 1 unspecified atom stereocenters. The van der Waals surface area contributed by atoms with Crippen LogP contribution in [0.25, 0.3) is 10.9 Å². The van der Waals surface area contributed by atoms with Crippen LogP contribution in [0.4, 0.5) is 0 Å². The molecular formula is C14H16N2O2. The summed E-state index contributed by atoms with van der Waals surface area (Å²) in [5.74, 6) is -0.0259. The van der Waals surface area contributed by atoms with E-state index in [-0.39, 0.29) is 11.9 Å². The van der Waals surface area contributed by atoms with Crippen molar-refractivity contribution < 1.29 is 9.53 Å². The standard InChI is InChI=1S/C14H16N2O2/c17-14(16-12-2-1-7-18-9-12)11-4-3-10-5-6-15-13(10)8-11/h3-6,8,12,15H,1-2,7,9H2,(H,16,17). The highest BCUT2D eigenvalue weighted by molar-refractivity contribution is 5.98. The molecule has 0 bridgehead atoms. The Morgan fingerprint density at radius 1 is 1.39 bits per heavy atom. The summed E-state index contributed by atoms with van der Waals surface area (Å²) >= 11 is 0. The van der Waals surface area contributed by atoms with Gasteiger partial charge in [-0.05, 0) is 36.4 Å². The fraction of sp³-hybridized carbons (Fsp3) is 0.357. The zero-order valence-corrected chi connectivity index (χ0v) is 10.1. The van der Waals surface area contributed by atoms with Crippen LogP contribution in [-0.2, 0) is 4.74 Å². The van der Waals surface area contributed by atoms with Gasteiger partial charge in [0.1, 0.15) is 0 Å². The van der Waals surface area contributed by atoms with E-state index in [1.807, 2.05) is 30.5 Å². The van der Waals surface area contributed by atoms with Crippen LogP contribution in [-0.4, -0.2) is 30.1 Å². The van der Waals surface area contributed by atoms with E-state index in [4.69, 9.17) is 4.74 Å². The molecule has 1 saturated heterocycles. The van der Waals surface area contributed by atoms with Gasteiger partial charge in [-0.2, -0.15) is 0 Å². The van der Waals surface area contributed by atoms with Gasteiger partial charge in [-0.3, -0.25) is 4.79 Å². The van der Waals surface area contributed by atoms with Gasteiger partial charge in [0.05, 0.1) is 12.6 Å². The lowest BCUT2D eigenvalue weighted by Crippen LogP contribution is -2.40. The van der Waals surface area contributed by atoms with Gasteiger partial charge in [0.15, 0.2) is 0 Å². The molecule has 0 spiro atoms. The van der Waals surface area contributed by atoms with Gasteiger partial charge >= 0.3 is 0 Å². The summed E-state index contributed by atoms with van der Waals surface area (Å²) in [5.41, 5.74) is 1.68. The number of aromatic nitrogens is 1. The van der Waals surface area contributed by atoms with Crippen molar-refractivity contribution in [1.29, 1.82) is 0 Å². The second kappa shape index (κ2) is 4.82. The Balaban J connectivity index is 1.74. The Labute approximate surface area is 105 Å². The average molecular weight is 244 g/mol. The Kier molecular flexibility index (Phi) is 3.02. The van der Waals surface area contributed by atoms with E-state index in [0.717, 1.165) is 30.4 Å². The molecule has 1 aliphatic rings. The summed E-state index contributed by atoms with van der Waals surface area (Å²) in [5, 5.41) is 4.13. The molecule has 1 amide bonds. The molecule has 2 heterocycles. The molecule has 0 radical (unpaired) electrons. The zero-order valence-electron chi connectivity index (χ0n) is 10.1. The highest BCUT2D eigenvalue weighted by Gasteiger charge is 2.17. The predicted octanol–water partition coefficient (Wildman–Crippen LogP) is 2.08. The molecular weight excluding hydrogens is 228 g/mol. The molecule has 18 heavy (non-hydrogen) atoms. The first-order valence-electron chi connectivity index (χ1n) is 6.29. The fourth-order valence-corrected chi connectivity index (χ4v) is 2.31. The van der Waals surface area contributed by atoms with Gasteiger partial charge in [0.25, 0.3) is 5.91 Å². The van der Waals surface area contributed by atoms with Crippen molar-refractivity contribution in [1.82, 2.24) is 10.3 Å². The minimum atomic E-state index is -0.0259. The zero-order chi connectivity index (χ0) is 12.4. The Hall–Kier alpha value is -1.81. The minimum absolute atomic E-state index is 0.0259. The molecule has 94 valence electrons. The highest BCUT2D eigenvalue weighted by Crippen LogP contribution is 2.14. The number of H-pyrrole nitrogens is 1. The number of amides is 1. The van der Waals surface area contributed by atoms with E-state index < -0.39 is 0 Å². The van der Waals surface area contributed by atoms with Crippen LogP contribution in [0.1, 0.15) is 23.2 Å². The van der Waals surface area contributed by atoms with Crippen molar-refractivity contribution >= 4 is 16.8 Å². The lowest BCUT2D eigenvalue weighted by atomic mass is 10.1. The molecule has 1 aliphatic heterocycles. The molecule has 2 N–H and O–H groups in total. The third-order valence-corrected chi connectivity index (χ3v) is 3.31. The van der Waals surface area contributed by atoms with Gasteiger partial charge in [0.2, 0.25) is 0 Å². The second-order valence-electron chi connectivity index (χ2n) is 4.67. The van der Waals surface area contributed by atoms with E-state index in [1.165, 1.54) is 0 Å². The van der Waals surface area contributed by atoms with E-state index >= 15 is 0 Å². The van der Waals surface area contributed by atoms with Gasteiger partial charge in [-0.15, -0.1) is 0 Å². The lowest BCUT2D eigenvalue weighted by molar-refractivity contribution is 0.0624. The van der Waals surface area contributed by atoms with Crippen molar-refractivity contribution in [3.05, 3.63) is 36.0 Å². The van der Waals surface area contributed by atoms with E-state index in [1.54, 1.807) is 0 Å². The van der Waals surface area contributed by atoms with Gasteiger partial charge in [-0.1, -0.05) is 6.07 Å². The van der Waals surface area contributed by atoms with Crippen molar-refractivity contribution in [2.24, 2.45) is 0 Å². The first kappa shape index (κ1) is 11.3. The SMILES string of the molecule is O=C(NC1CCCOC1)c1ccc2cc[nH]c2c1. The third kappa shape index (κ3) is 2.24. The Morgan fingerprint density at radius 3 is 3.17 bits per heavy atom. The number of nitrogens with one attached hydrogen (secondary N) is 2. The van der Waals surface area contributed by atoms with Crippen LogP contribution in [0.5, 0.6) is 0 Å². The van der Waals surface area contributed by atoms with Crippen molar-refractivity contribution in [3.63, 3.8) is 0 Å². The molecule has 4 nitrogen and oxygen atoms in total. The summed E-state index contributed by atoms with van der Waals surface area (Å²) in [4.78, 5) is 15.2. The number of aromatic amines is 1. The number of ether oxygens (including phenoxy) is 1. The molecule has 0 aliphatic carbocycles. The summed E-state index contributed by atoms with van der Waals surface area (Å²) < 4.78 is 5.36. The molecule has 3 rings (SSSR count). The molecule has 1 atom stereocenters. The summed E-state index contributed by atoms with van der Waals surface area (Å²) in [6, 6.07) is 7.83. The quantitative estimate of drug-likeness (QED) is 0.849. The second-order valence-corrected chi connectivity index (χ2v) is 4.67. The Bertz CT molecular complexity index is 556. The normalized spacial score (nSPS) is 19.9. The highest BCUT2D eigenvalue weighted by atomic mass is 16.5. The maximum absolute atomic E-state index is 12.1. The summed E-state index contributed by atoms with van der Waals surface area (Å²) in [7, 11) is 0. The summed E-state index contributed by atoms with van der Waals surface area (Å²) in [6.45, 7) is 1.43. The predicted molar refractivity (Wildman–Crippen MR) is 69.6 cm³/mol. The molecule has 4 heteroatoms. The molecule has 1 aromatic heterocycles. The molecule has 2 aromatic rings. The first-order chi connectivity index (χ1) is 8.83. The van der Waals surface area contributed by atoms with E-state index in [9.17, 15) is 4.79 Å². The fourth-order valence-electron chi connectivity index (χ4n) is 2.31. The van der Waals surface area contributed by atoms with Crippen LogP contribution >= 0.6 is 0 Å².